The van der Waals surface area contributed by atoms with Crippen LogP contribution in [-0.4, -0.2) is 43.9 Å². The molecular weight excluding hydrogens is 336 g/mol. The average molecular weight is 358 g/mol. The van der Waals surface area contributed by atoms with Crippen molar-refractivity contribution in [1.29, 1.82) is 0 Å². The first-order chi connectivity index (χ1) is 12.1. The van der Waals surface area contributed by atoms with E-state index in [-0.39, 0.29) is 6.17 Å². The van der Waals surface area contributed by atoms with Gasteiger partial charge >= 0.3 is 0 Å². The lowest BCUT2D eigenvalue weighted by Gasteiger charge is -2.29. The highest BCUT2D eigenvalue weighted by molar-refractivity contribution is 7.89. The van der Waals surface area contributed by atoms with Gasteiger partial charge < -0.3 is 4.74 Å². The molecule has 5 nitrogen and oxygen atoms in total. The molecule has 0 amide bonds. The number of fused-ring (bicyclic) bond motifs is 1. The van der Waals surface area contributed by atoms with Gasteiger partial charge in [0.15, 0.2) is 0 Å². The van der Waals surface area contributed by atoms with Crippen molar-refractivity contribution in [2.45, 2.75) is 29.9 Å². The Morgan fingerprint density at radius 2 is 1.76 bits per heavy atom. The second kappa shape index (κ2) is 6.44. The Bertz CT molecular complexity index is 837. The number of hydrogen-bond acceptors (Lipinski definition) is 4. The van der Waals surface area contributed by atoms with E-state index >= 15 is 0 Å². The monoisotopic (exact) mass is 358 g/mol. The first kappa shape index (κ1) is 16.6. The van der Waals surface area contributed by atoms with Gasteiger partial charge in [-0.05, 0) is 42.7 Å². The standard InChI is InChI=1S/C19H22N2O3S/c1-24-17-9-11-18(12-10-17)25(22,23)21-14-16-8-5-13-20(16)19(21)15-6-3-2-4-7-15/h2-4,6-7,9-12,16,19H,5,8,13-14H2,1H3. The second-order valence-corrected chi connectivity index (χ2v) is 8.46. The fraction of sp³-hybridized carbons (Fsp3) is 0.368. The zero-order valence-corrected chi connectivity index (χ0v) is 15.0. The summed E-state index contributed by atoms with van der Waals surface area (Å²) in [5, 5.41) is 0. The predicted octanol–water partition coefficient (Wildman–Crippen LogP) is 2.86. The molecule has 2 unspecified atom stereocenters. The second-order valence-electron chi connectivity index (χ2n) is 6.57. The van der Waals surface area contributed by atoms with Crippen molar-refractivity contribution in [2.75, 3.05) is 20.2 Å². The van der Waals surface area contributed by atoms with Crippen molar-refractivity contribution in [1.82, 2.24) is 9.21 Å². The lowest BCUT2D eigenvalue weighted by Crippen LogP contribution is -2.35. The molecular formula is C19H22N2O3S. The molecule has 2 saturated heterocycles. The lowest BCUT2D eigenvalue weighted by molar-refractivity contribution is 0.198. The van der Waals surface area contributed by atoms with Gasteiger partial charge in [-0.2, -0.15) is 4.31 Å². The van der Waals surface area contributed by atoms with E-state index in [9.17, 15) is 8.42 Å². The zero-order valence-electron chi connectivity index (χ0n) is 14.2. The molecule has 4 rings (SSSR count). The number of hydrogen-bond donors (Lipinski definition) is 0. The highest BCUT2D eigenvalue weighted by atomic mass is 32.2. The summed E-state index contributed by atoms with van der Waals surface area (Å²) in [7, 11) is -1.99. The molecule has 2 aliphatic heterocycles. The molecule has 0 aliphatic carbocycles. The molecule has 2 aliphatic rings. The van der Waals surface area contributed by atoms with Gasteiger partial charge in [0.25, 0.3) is 0 Å². The lowest BCUT2D eigenvalue weighted by atomic mass is 10.1. The van der Waals surface area contributed by atoms with E-state index in [1.54, 1.807) is 35.7 Å². The molecule has 0 N–H and O–H groups in total. The van der Waals surface area contributed by atoms with Crippen LogP contribution in [-0.2, 0) is 10.0 Å². The van der Waals surface area contributed by atoms with Gasteiger partial charge in [0, 0.05) is 19.1 Å². The Morgan fingerprint density at radius 1 is 1.04 bits per heavy atom. The summed E-state index contributed by atoms with van der Waals surface area (Å²) in [4.78, 5) is 2.64. The number of nitrogens with zero attached hydrogens (tertiary/aromatic N) is 2. The van der Waals surface area contributed by atoms with Crippen molar-refractivity contribution in [3.63, 3.8) is 0 Å². The number of ether oxygens (including phenoxy) is 1. The smallest absolute Gasteiger partial charge is 0.244 e. The maximum Gasteiger partial charge on any atom is 0.244 e. The summed E-state index contributed by atoms with van der Waals surface area (Å²) in [6.07, 6.45) is 1.96. The Labute approximate surface area is 148 Å². The predicted molar refractivity (Wildman–Crippen MR) is 95.8 cm³/mol. The van der Waals surface area contributed by atoms with Gasteiger partial charge in [-0.3, -0.25) is 4.90 Å². The maximum absolute atomic E-state index is 13.3. The normalized spacial score (nSPS) is 24.4. The van der Waals surface area contributed by atoms with Crippen LogP contribution in [0.15, 0.2) is 59.5 Å². The van der Waals surface area contributed by atoms with E-state index in [4.69, 9.17) is 4.74 Å². The van der Waals surface area contributed by atoms with Crippen LogP contribution < -0.4 is 4.74 Å². The van der Waals surface area contributed by atoms with Crippen molar-refractivity contribution in [3.8, 4) is 5.75 Å². The molecule has 0 spiro atoms. The largest absolute Gasteiger partial charge is 0.497 e. The molecule has 0 radical (unpaired) electrons. The van der Waals surface area contributed by atoms with Crippen molar-refractivity contribution in [3.05, 3.63) is 60.2 Å². The first-order valence-corrected chi connectivity index (χ1v) is 10.0. The highest BCUT2D eigenvalue weighted by Crippen LogP contribution is 2.41. The minimum atomic E-state index is -3.57. The van der Waals surface area contributed by atoms with E-state index in [2.05, 4.69) is 4.90 Å². The molecule has 25 heavy (non-hydrogen) atoms. The number of methoxy groups -OCH3 is 1. The van der Waals surface area contributed by atoms with Crippen LogP contribution in [0.25, 0.3) is 0 Å². The third-order valence-electron chi connectivity index (χ3n) is 5.16. The molecule has 2 aromatic carbocycles. The topological polar surface area (TPSA) is 49.9 Å². The minimum Gasteiger partial charge on any atom is -0.497 e. The number of sulfonamides is 1. The number of benzene rings is 2. The Balaban J connectivity index is 1.73. The molecule has 6 heteroatoms. The Hall–Kier alpha value is -1.89. The van der Waals surface area contributed by atoms with Gasteiger partial charge in [-0.1, -0.05) is 30.3 Å². The van der Waals surface area contributed by atoms with Crippen LogP contribution in [0.5, 0.6) is 5.75 Å². The quantitative estimate of drug-likeness (QED) is 0.843. The third-order valence-corrected chi connectivity index (χ3v) is 7.00. The van der Waals surface area contributed by atoms with E-state index in [1.807, 2.05) is 30.3 Å². The first-order valence-electron chi connectivity index (χ1n) is 8.58. The summed E-state index contributed by atoms with van der Waals surface area (Å²) < 4.78 is 33.4. The summed E-state index contributed by atoms with van der Waals surface area (Å²) in [5.74, 6) is 0.653. The molecule has 2 atom stereocenters. The Kier molecular flexibility index (Phi) is 4.27. The molecule has 2 fully saturated rings. The van der Waals surface area contributed by atoms with Gasteiger partial charge in [0.05, 0.1) is 12.0 Å². The van der Waals surface area contributed by atoms with Gasteiger partial charge in [-0.15, -0.1) is 0 Å². The fourth-order valence-electron chi connectivity index (χ4n) is 3.94. The van der Waals surface area contributed by atoms with Crippen LogP contribution in [0.4, 0.5) is 0 Å². The highest BCUT2D eigenvalue weighted by Gasteiger charge is 2.47. The van der Waals surface area contributed by atoms with Crippen molar-refractivity contribution >= 4 is 10.0 Å². The van der Waals surface area contributed by atoms with Crippen LogP contribution in [0, 0.1) is 0 Å². The van der Waals surface area contributed by atoms with Crippen molar-refractivity contribution in [2.24, 2.45) is 0 Å². The Morgan fingerprint density at radius 3 is 2.44 bits per heavy atom. The molecule has 132 valence electrons. The molecule has 0 bridgehead atoms. The molecule has 0 saturated carbocycles. The maximum atomic E-state index is 13.3. The van der Waals surface area contributed by atoms with E-state index in [1.165, 1.54) is 0 Å². The molecule has 2 heterocycles. The van der Waals surface area contributed by atoms with Gasteiger partial charge in [0.1, 0.15) is 11.9 Å². The van der Waals surface area contributed by atoms with Crippen LogP contribution in [0.1, 0.15) is 24.6 Å². The van der Waals surface area contributed by atoms with E-state index in [0.717, 1.165) is 24.9 Å². The van der Waals surface area contributed by atoms with Crippen LogP contribution in [0.2, 0.25) is 0 Å². The molecule has 0 aromatic heterocycles. The summed E-state index contributed by atoms with van der Waals surface area (Å²) >= 11 is 0. The third kappa shape index (κ3) is 2.84. The average Bonchev–Trinajstić information content (AvgIpc) is 3.24. The number of rotatable bonds is 4. The van der Waals surface area contributed by atoms with Crippen molar-refractivity contribution < 1.29 is 13.2 Å². The van der Waals surface area contributed by atoms with Crippen LogP contribution in [0.3, 0.4) is 0 Å². The van der Waals surface area contributed by atoms with Gasteiger partial charge in [0.2, 0.25) is 10.0 Å². The van der Waals surface area contributed by atoms with Gasteiger partial charge in [-0.25, -0.2) is 8.42 Å². The van der Waals surface area contributed by atoms with E-state index < -0.39 is 10.0 Å². The minimum absolute atomic E-state index is 0.221. The summed E-state index contributed by atoms with van der Waals surface area (Å²) in [6, 6.07) is 16.9. The summed E-state index contributed by atoms with van der Waals surface area (Å²) in [5.41, 5.74) is 1.03. The zero-order chi connectivity index (χ0) is 17.4. The molecule has 2 aromatic rings. The summed E-state index contributed by atoms with van der Waals surface area (Å²) in [6.45, 7) is 1.49. The van der Waals surface area contributed by atoms with Crippen LogP contribution >= 0.6 is 0 Å². The SMILES string of the molecule is COc1ccc(S(=O)(=O)N2CC3CCCN3C2c2ccccc2)cc1. The fourth-order valence-corrected chi connectivity index (χ4v) is 5.57. The van der Waals surface area contributed by atoms with E-state index in [0.29, 0.717) is 23.2 Å².